The number of rotatable bonds is 3. The molecule has 0 atom stereocenters. The van der Waals surface area contributed by atoms with Crippen LogP contribution in [-0.2, 0) is 13.5 Å². The van der Waals surface area contributed by atoms with Crippen LogP contribution < -0.4 is 4.57 Å². The molecule has 27 heavy (non-hydrogen) atoms. The van der Waals surface area contributed by atoms with E-state index in [0.717, 1.165) is 34.0 Å². The predicted molar refractivity (Wildman–Crippen MR) is 111 cm³/mol. The Morgan fingerprint density at radius 3 is 2.52 bits per heavy atom. The van der Waals surface area contributed by atoms with Crippen molar-refractivity contribution in [2.75, 3.05) is 0 Å². The number of nitrogens with zero attached hydrogens (tertiary/aromatic N) is 2. The number of hydrogen-bond donors (Lipinski definition) is 0. The van der Waals surface area contributed by atoms with Crippen molar-refractivity contribution in [1.82, 2.24) is 4.98 Å². The Bertz CT molecular complexity index is 1170. The molecule has 0 amide bonds. The third-order valence-corrected chi connectivity index (χ3v) is 5.51. The minimum Gasteiger partial charge on any atom is -0.437 e. The third-order valence-electron chi connectivity index (χ3n) is 5.51. The van der Waals surface area contributed by atoms with Crippen LogP contribution in [0.5, 0.6) is 0 Å². The van der Waals surface area contributed by atoms with Gasteiger partial charge in [0.2, 0.25) is 11.4 Å². The summed E-state index contributed by atoms with van der Waals surface area (Å²) >= 11 is 0. The fourth-order valence-electron chi connectivity index (χ4n) is 4.02. The van der Waals surface area contributed by atoms with Crippen LogP contribution in [0, 0.1) is 13.8 Å². The summed E-state index contributed by atoms with van der Waals surface area (Å²) in [6, 6.07) is 10.8. The SMILES string of the molecule is CCc1cc(-c2c(C)ccc3c2oc2nc(C)ccc23)[n+](C)cc1C(C)C. The van der Waals surface area contributed by atoms with Crippen molar-refractivity contribution in [3.63, 3.8) is 0 Å². The lowest BCUT2D eigenvalue weighted by atomic mass is 9.94. The second-order valence-electron chi connectivity index (χ2n) is 7.80. The zero-order valence-electron chi connectivity index (χ0n) is 17.1. The summed E-state index contributed by atoms with van der Waals surface area (Å²) in [5.74, 6) is 0.510. The van der Waals surface area contributed by atoms with Crippen LogP contribution in [0.3, 0.4) is 0 Å². The van der Waals surface area contributed by atoms with Crippen molar-refractivity contribution >= 4 is 22.1 Å². The highest BCUT2D eigenvalue weighted by Crippen LogP contribution is 2.37. The number of aryl methyl sites for hydroxylation is 4. The van der Waals surface area contributed by atoms with E-state index < -0.39 is 0 Å². The summed E-state index contributed by atoms with van der Waals surface area (Å²) in [5, 5.41) is 2.21. The largest absolute Gasteiger partial charge is 0.437 e. The zero-order chi connectivity index (χ0) is 19.3. The fraction of sp³-hybridized carbons (Fsp3) is 0.333. The molecule has 0 unspecified atom stereocenters. The predicted octanol–water partition coefficient (Wildman–Crippen LogP) is 5.78. The Labute approximate surface area is 160 Å². The molecule has 0 radical (unpaired) electrons. The minimum absolute atomic E-state index is 0.510. The zero-order valence-corrected chi connectivity index (χ0v) is 17.1. The molecule has 138 valence electrons. The fourth-order valence-corrected chi connectivity index (χ4v) is 4.02. The topological polar surface area (TPSA) is 29.9 Å². The van der Waals surface area contributed by atoms with E-state index in [4.69, 9.17) is 4.42 Å². The summed E-state index contributed by atoms with van der Waals surface area (Å²) in [4.78, 5) is 4.60. The molecule has 0 bridgehead atoms. The standard InChI is InChI=1S/C24H27N2O/c1-7-17-12-21(26(6)13-20(17)14(2)3)22-15(4)8-10-18-19-11-9-16(5)25-24(19)27-23(18)22/h8-14H,7H2,1-6H3/q+1. The number of furan rings is 1. The summed E-state index contributed by atoms with van der Waals surface area (Å²) in [6.45, 7) is 10.9. The summed E-state index contributed by atoms with van der Waals surface area (Å²) in [6.07, 6.45) is 3.30. The molecule has 4 rings (SSSR count). The highest BCUT2D eigenvalue weighted by atomic mass is 16.3. The highest BCUT2D eigenvalue weighted by molar-refractivity contribution is 6.08. The van der Waals surface area contributed by atoms with E-state index in [9.17, 15) is 0 Å². The molecule has 0 saturated heterocycles. The lowest BCUT2D eigenvalue weighted by Crippen LogP contribution is -2.32. The van der Waals surface area contributed by atoms with Crippen molar-refractivity contribution in [3.8, 4) is 11.3 Å². The van der Waals surface area contributed by atoms with Gasteiger partial charge in [-0.1, -0.05) is 32.9 Å². The Morgan fingerprint density at radius 1 is 1.07 bits per heavy atom. The second-order valence-corrected chi connectivity index (χ2v) is 7.80. The normalized spacial score (nSPS) is 11.8. The molecule has 0 fully saturated rings. The molecule has 1 aromatic carbocycles. The van der Waals surface area contributed by atoms with Crippen LogP contribution in [0.15, 0.2) is 40.9 Å². The van der Waals surface area contributed by atoms with Gasteiger partial charge in [0.25, 0.3) is 0 Å². The van der Waals surface area contributed by atoms with E-state index in [0.29, 0.717) is 11.6 Å². The lowest BCUT2D eigenvalue weighted by Gasteiger charge is -2.13. The molecule has 3 nitrogen and oxygen atoms in total. The van der Waals surface area contributed by atoms with Crippen LogP contribution in [0.4, 0.5) is 0 Å². The van der Waals surface area contributed by atoms with Crippen LogP contribution in [0.1, 0.15) is 49.1 Å². The second kappa shape index (κ2) is 6.49. The van der Waals surface area contributed by atoms with Gasteiger partial charge in [0.1, 0.15) is 7.05 Å². The van der Waals surface area contributed by atoms with Crippen LogP contribution in [0.25, 0.3) is 33.3 Å². The average molecular weight is 359 g/mol. The van der Waals surface area contributed by atoms with Crippen molar-refractivity contribution in [2.45, 2.75) is 47.0 Å². The van der Waals surface area contributed by atoms with E-state index in [2.05, 4.69) is 74.8 Å². The molecule has 3 aromatic heterocycles. The first kappa shape index (κ1) is 17.7. The van der Waals surface area contributed by atoms with Gasteiger partial charge >= 0.3 is 0 Å². The first-order valence-electron chi connectivity index (χ1n) is 9.73. The highest BCUT2D eigenvalue weighted by Gasteiger charge is 2.23. The van der Waals surface area contributed by atoms with Gasteiger partial charge in [-0.2, -0.15) is 0 Å². The van der Waals surface area contributed by atoms with Gasteiger partial charge in [-0.25, -0.2) is 9.55 Å². The van der Waals surface area contributed by atoms with Crippen LogP contribution >= 0.6 is 0 Å². The molecule has 0 saturated carbocycles. The number of fused-ring (bicyclic) bond motifs is 3. The number of benzene rings is 1. The van der Waals surface area contributed by atoms with E-state index in [-0.39, 0.29) is 0 Å². The lowest BCUT2D eigenvalue weighted by molar-refractivity contribution is -0.660. The van der Waals surface area contributed by atoms with Crippen molar-refractivity contribution in [1.29, 1.82) is 0 Å². The molecular formula is C24H27N2O+. The van der Waals surface area contributed by atoms with Crippen molar-refractivity contribution in [3.05, 3.63) is 58.9 Å². The first-order chi connectivity index (χ1) is 12.9. The van der Waals surface area contributed by atoms with Gasteiger partial charge in [0, 0.05) is 28.1 Å². The molecule has 0 N–H and O–H groups in total. The van der Waals surface area contributed by atoms with E-state index >= 15 is 0 Å². The summed E-state index contributed by atoms with van der Waals surface area (Å²) in [5.41, 5.74) is 9.00. The Balaban J connectivity index is 2.07. The van der Waals surface area contributed by atoms with Gasteiger partial charge in [-0.3, -0.25) is 0 Å². The maximum atomic E-state index is 6.28. The minimum atomic E-state index is 0.510. The van der Waals surface area contributed by atoms with Crippen LogP contribution in [0.2, 0.25) is 0 Å². The number of hydrogen-bond acceptors (Lipinski definition) is 2. The Hall–Kier alpha value is -2.68. The van der Waals surface area contributed by atoms with Crippen LogP contribution in [-0.4, -0.2) is 4.98 Å². The molecule has 3 heteroatoms. The summed E-state index contributed by atoms with van der Waals surface area (Å²) in [7, 11) is 2.13. The average Bonchev–Trinajstić information content (AvgIpc) is 2.99. The first-order valence-corrected chi connectivity index (χ1v) is 9.73. The van der Waals surface area contributed by atoms with E-state index in [1.54, 1.807) is 0 Å². The molecule has 0 aliphatic heterocycles. The Kier molecular flexibility index (Phi) is 4.26. The molecule has 0 spiro atoms. The quantitative estimate of drug-likeness (QED) is 0.434. The molecule has 4 aromatic rings. The molecule has 3 heterocycles. The molecular weight excluding hydrogens is 332 g/mol. The number of aromatic nitrogens is 2. The maximum absolute atomic E-state index is 6.28. The molecule has 0 aliphatic carbocycles. The smallest absolute Gasteiger partial charge is 0.227 e. The van der Waals surface area contributed by atoms with Crippen molar-refractivity contribution < 1.29 is 8.98 Å². The van der Waals surface area contributed by atoms with Gasteiger partial charge < -0.3 is 4.42 Å². The van der Waals surface area contributed by atoms with E-state index in [1.165, 1.54) is 22.4 Å². The number of pyridine rings is 2. The van der Waals surface area contributed by atoms with Gasteiger partial charge in [-0.15, -0.1) is 0 Å². The van der Waals surface area contributed by atoms with Gasteiger partial charge in [0.15, 0.2) is 11.8 Å². The molecule has 0 aliphatic rings. The van der Waals surface area contributed by atoms with Crippen molar-refractivity contribution in [2.24, 2.45) is 7.05 Å². The summed E-state index contributed by atoms with van der Waals surface area (Å²) < 4.78 is 8.52. The van der Waals surface area contributed by atoms with Gasteiger partial charge in [0.05, 0.1) is 5.56 Å². The van der Waals surface area contributed by atoms with E-state index in [1.807, 2.05) is 13.0 Å². The monoisotopic (exact) mass is 359 g/mol. The Morgan fingerprint density at radius 2 is 1.81 bits per heavy atom. The van der Waals surface area contributed by atoms with Gasteiger partial charge in [-0.05, 0) is 49.4 Å². The third kappa shape index (κ3) is 2.82. The maximum Gasteiger partial charge on any atom is 0.227 e.